The zero-order valence-electron chi connectivity index (χ0n) is 12.6. The second-order valence-electron chi connectivity index (χ2n) is 6.60. The Kier molecular flexibility index (Phi) is 6.61. The Hall–Kier alpha value is -0.120. The number of aliphatic hydroxyl groups excluding tert-OH is 1. The number of aliphatic hydroxyl groups is 1. The summed E-state index contributed by atoms with van der Waals surface area (Å²) in [6, 6.07) is 0.819. The van der Waals surface area contributed by atoms with Crippen LogP contribution in [0.1, 0.15) is 53.4 Å². The molecular weight excluding hydrogens is 224 g/mol. The Morgan fingerprint density at radius 3 is 2.11 bits per heavy atom. The Morgan fingerprint density at radius 2 is 1.72 bits per heavy atom. The van der Waals surface area contributed by atoms with E-state index < -0.39 is 0 Å². The molecule has 0 bridgehead atoms. The van der Waals surface area contributed by atoms with E-state index >= 15 is 0 Å². The number of nitrogens with two attached hydrogens (primary N) is 1. The zero-order chi connectivity index (χ0) is 13.7. The summed E-state index contributed by atoms with van der Waals surface area (Å²) in [6.45, 7) is 10.0. The minimum absolute atomic E-state index is 0.0642. The second kappa shape index (κ2) is 7.46. The summed E-state index contributed by atoms with van der Waals surface area (Å²) in [5.74, 6) is 1.04. The maximum absolute atomic E-state index is 9.77. The quantitative estimate of drug-likeness (QED) is 0.734. The summed E-state index contributed by atoms with van der Waals surface area (Å²) < 4.78 is 0. The van der Waals surface area contributed by atoms with Crippen molar-refractivity contribution in [3.8, 4) is 0 Å². The van der Waals surface area contributed by atoms with Gasteiger partial charge in [0.1, 0.15) is 0 Å². The van der Waals surface area contributed by atoms with Crippen LogP contribution in [0.3, 0.4) is 0 Å². The molecule has 0 heterocycles. The molecule has 1 saturated carbocycles. The normalized spacial score (nSPS) is 21.2. The molecule has 0 aromatic rings. The molecule has 0 aromatic carbocycles. The molecule has 0 amide bonds. The molecule has 1 aliphatic rings. The molecular formula is C15H32N2O. The van der Waals surface area contributed by atoms with Gasteiger partial charge in [-0.1, -0.05) is 40.5 Å². The van der Waals surface area contributed by atoms with E-state index in [1.807, 2.05) is 0 Å². The van der Waals surface area contributed by atoms with Crippen molar-refractivity contribution in [3.63, 3.8) is 0 Å². The molecule has 18 heavy (non-hydrogen) atoms. The second-order valence-corrected chi connectivity index (χ2v) is 6.60. The molecule has 3 heteroatoms. The van der Waals surface area contributed by atoms with Crippen molar-refractivity contribution in [2.45, 2.75) is 71.5 Å². The average Bonchev–Trinajstić information content (AvgIpc) is 2.81. The van der Waals surface area contributed by atoms with Crippen LogP contribution in [-0.2, 0) is 0 Å². The van der Waals surface area contributed by atoms with E-state index in [2.05, 4.69) is 32.6 Å². The molecule has 0 saturated heterocycles. The van der Waals surface area contributed by atoms with E-state index in [4.69, 9.17) is 5.73 Å². The van der Waals surface area contributed by atoms with Crippen LogP contribution >= 0.6 is 0 Å². The summed E-state index contributed by atoms with van der Waals surface area (Å²) in [5, 5.41) is 9.77. The lowest BCUT2D eigenvalue weighted by Gasteiger charge is -2.41. The van der Waals surface area contributed by atoms with Crippen LogP contribution in [0.5, 0.6) is 0 Å². The van der Waals surface area contributed by atoms with Crippen molar-refractivity contribution < 1.29 is 5.11 Å². The molecule has 0 radical (unpaired) electrons. The lowest BCUT2D eigenvalue weighted by molar-refractivity contribution is 0.0487. The third-order valence-electron chi connectivity index (χ3n) is 4.20. The van der Waals surface area contributed by atoms with Crippen LogP contribution in [0.4, 0.5) is 0 Å². The van der Waals surface area contributed by atoms with Crippen LogP contribution in [-0.4, -0.2) is 41.3 Å². The van der Waals surface area contributed by atoms with Crippen molar-refractivity contribution in [1.82, 2.24) is 4.90 Å². The largest absolute Gasteiger partial charge is 0.395 e. The average molecular weight is 256 g/mol. The molecule has 0 aromatic heterocycles. The topological polar surface area (TPSA) is 49.5 Å². The van der Waals surface area contributed by atoms with Crippen LogP contribution in [0.2, 0.25) is 0 Å². The molecule has 108 valence electrons. The highest BCUT2D eigenvalue weighted by molar-refractivity contribution is 4.89. The standard InChI is InChI=1S/C15H32N2O/c1-11(2)9-17(13-7-5-6-8-13)14(10-18)15(16)12(3)4/h11-15,18H,5-10,16H2,1-4H3. The Labute approximate surface area is 113 Å². The SMILES string of the molecule is CC(C)CN(C1CCCC1)C(CO)C(N)C(C)C. The van der Waals surface area contributed by atoms with Gasteiger partial charge in [0, 0.05) is 24.7 Å². The van der Waals surface area contributed by atoms with Crippen molar-refractivity contribution in [1.29, 1.82) is 0 Å². The molecule has 2 atom stereocenters. The van der Waals surface area contributed by atoms with Gasteiger partial charge < -0.3 is 10.8 Å². The van der Waals surface area contributed by atoms with Gasteiger partial charge in [0.05, 0.1) is 6.61 Å². The van der Waals surface area contributed by atoms with Crippen LogP contribution in [0.25, 0.3) is 0 Å². The van der Waals surface area contributed by atoms with Gasteiger partial charge in [-0.3, -0.25) is 4.90 Å². The minimum atomic E-state index is 0.0642. The van der Waals surface area contributed by atoms with Crippen molar-refractivity contribution >= 4 is 0 Å². The van der Waals surface area contributed by atoms with Crippen molar-refractivity contribution in [2.24, 2.45) is 17.6 Å². The molecule has 3 N–H and O–H groups in total. The fourth-order valence-electron chi connectivity index (χ4n) is 3.10. The lowest BCUT2D eigenvalue weighted by Crippen LogP contribution is -2.56. The Balaban J connectivity index is 2.77. The highest BCUT2D eigenvalue weighted by Crippen LogP contribution is 2.27. The fourth-order valence-corrected chi connectivity index (χ4v) is 3.10. The number of hydrogen-bond donors (Lipinski definition) is 2. The molecule has 1 fully saturated rings. The van der Waals surface area contributed by atoms with Crippen LogP contribution < -0.4 is 5.73 Å². The molecule has 0 spiro atoms. The third-order valence-corrected chi connectivity index (χ3v) is 4.20. The van der Waals surface area contributed by atoms with Gasteiger partial charge in [-0.2, -0.15) is 0 Å². The summed E-state index contributed by atoms with van der Waals surface area (Å²) in [7, 11) is 0. The molecule has 3 nitrogen and oxygen atoms in total. The first-order valence-electron chi connectivity index (χ1n) is 7.59. The van der Waals surface area contributed by atoms with E-state index in [0.29, 0.717) is 17.9 Å². The lowest BCUT2D eigenvalue weighted by atomic mass is 9.94. The van der Waals surface area contributed by atoms with Crippen molar-refractivity contribution in [2.75, 3.05) is 13.2 Å². The minimum Gasteiger partial charge on any atom is -0.395 e. The molecule has 1 aliphatic carbocycles. The van der Waals surface area contributed by atoms with E-state index in [1.165, 1.54) is 25.7 Å². The first-order valence-corrected chi connectivity index (χ1v) is 7.59. The van der Waals surface area contributed by atoms with Crippen LogP contribution in [0.15, 0.2) is 0 Å². The first-order chi connectivity index (χ1) is 8.47. The fraction of sp³-hybridized carbons (Fsp3) is 1.00. The van der Waals surface area contributed by atoms with Crippen LogP contribution in [0, 0.1) is 11.8 Å². The highest BCUT2D eigenvalue weighted by Gasteiger charge is 2.33. The Bertz CT molecular complexity index is 225. The van der Waals surface area contributed by atoms with Crippen molar-refractivity contribution in [3.05, 3.63) is 0 Å². The summed E-state index contributed by atoms with van der Waals surface area (Å²) in [4.78, 5) is 2.50. The summed E-state index contributed by atoms with van der Waals surface area (Å²) in [6.07, 6.45) is 5.20. The van der Waals surface area contributed by atoms with Gasteiger partial charge in [-0.25, -0.2) is 0 Å². The third kappa shape index (κ3) is 4.22. The zero-order valence-corrected chi connectivity index (χ0v) is 12.6. The van der Waals surface area contributed by atoms with Gasteiger partial charge in [-0.05, 0) is 24.7 Å². The maximum Gasteiger partial charge on any atom is 0.0602 e. The number of hydrogen-bond acceptors (Lipinski definition) is 3. The van der Waals surface area contributed by atoms with Gasteiger partial charge in [0.25, 0.3) is 0 Å². The molecule has 0 aliphatic heterocycles. The van der Waals surface area contributed by atoms with E-state index in [0.717, 1.165) is 6.54 Å². The smallest absolute Gasteiger partial charge is 0.0602 e. The van der Waals surface area contributed by atoms with Gasteiger partial charge in [0.2, 0.25) is 0 Å². The van der Waals surface area contributed by atoms with E-state index in [1.54, 1.807) is 0 Å². The van der Waals surface area contributed by atoms with E-state index in [9.17, 15) is 5.11 Å². The summed E-state index contributed by atoms with van der Waals surface area (Å²) >= 11 is 0. The first kappa shape index (κ1) is 15.9. The monoisotopic (exact) mass is 256 g/mol. The van der Waals surface area contributed by atoms with Gasteiger partial charge in [-0.15, -0.1) is 0 Å². The maximum atomic E-state index is 9.77. The molecule has 1 rings (SSSR count). The predicted molar refractivity (Wildman–Crippen MR) is 77.5 cm³/mol. The Morgan fingerprint density at radius 1 is 1.17 bits per heavy atom. The van der Waals surface area contributed by atoms with Gasteiger partial charge >= 0.3 is 0 Å². The number of nitrogens with zero attached hydrogens (tertiary/aromatic N) is 1. The summed E-state index contributed by atoms with van der Waals surface area (Å²) in [5.41, 5.74) is 6.31. The van der Waals surface area contributed by atoms with Gasteiger partial charge in [0.15, 0.2) is 0 Å². The predicted octanol–water partition coefficient (Wildman–Crippen LogP) is 2.23. The number of rotatable bonds is 7. The van der Waals surface area contributed by atoms with E-state index in [-0.39, 0.29) is 18.7 Å². The highest BCUT2D eigenvalue weighted by atomic mass is 16.3. The molecule has 2 unspecified atom stereocenters.